The highest BCUT2D eigenvalue weighted by Crippen LogP contribution is 2.26. The van der Waals surface area contributed by atoms with E-state index in [0.29, 0.717) is 13.1 Å². The molecule has 1 saturated heterocycles. The topological polar surface area (TPSA) is 52.7 Å². The Labute approximate surface area is 168 Å². The smallest absolute Gasteiger partial charge is 0.227 e. The van der Waals surface area contributed by atoms with Crippen LogP contribution in [0, 0.1) is 5.92 Å². The highest BCUT2D eigenvalue weighted by atomic mass is 79.9. The lowest BCUT2D eigenvalue weighted by molar-refractivity contribution is -0.126. The first-order chi connectivity index (χ1) is 12.9. The monoisotopic (exact) mass is 429 g/mol. The third-order valence-electron chi connectivity index (χ3n) is 4.69. The fourth-order valence-corrected chi connectivity index (χ4v) is 3.57. The molecule has 2 amide bonds. The number of anilines is 1. The molecule has 0 radical (unpaired) electrons. The molecule has 0 saturated carbocycles. The largest absolute Gasteiger partial charge is 0.352 e. The standard InChI is InChI=1S/C21H24BrN3O2/c1-24(2)13-16-6-4-3-5-15(16)12-23-21(27)17-11-20(26)25(14-17)19-9-7-18(22)8-10-19/h3-10,17H,11-14H2,1-2H3,(H,23,27)/t17-/m1/s1. The Morgan fingerprint density at radius 3 is 2.48 bits per heavy atom. The van der Waals surface area contributed by atoms with Crippen molar-refractivity contribution in [3.8, 4) is 0 Å². The van der Waals surface area contributed by atoms with Crippen LogP contribution in [-0.2, 0) is 22.7 Å². The predicted molar refractivity (Wildman–Crippen MR) is 110 cm³/mol. The molecule has 3 rings (SSSR count). The normalized spacial score (nSPS) is 16.8. The summed E-state index contributed by atoms with van der Waals surface area (Å²) < 4.78 is 0.962. The molecule has 6 heteroatoms. The van der Waals surface area contributed by atoms with Gasteiger partial charge in [0.1, 0.15) is 0 Å². The SMILES string of the molecule is CN(C)Cc1ccccc1CNC(=O)[C@@H]1CC(=O)N(c2ccc(Br)cc2)C1. The Balaban J connectivity index is 1.61. The molecular formula is C21H24BrN3O2. The van der Waals surface area contributed by atoms with Crippen LogP contribution in [0.25, 0.3) is 0 Å². The maximum absolute atomic E-state index is 12.6. The number of hydrogen-bond acceptors (Lipinski definition) is 3. The number of carbonyl (C=O) groups excluding carboxylic acids is 2. The molecule has 2 aromatic carbocycles. The number of amides is 2. The second kappa shape index (κ2) is 8.67. The molecule has 0 aliphatic carbocycles. The van der Waals surface area contributed by atoms with Gasteiger partial charge in [-0.2, -0.15) is 0 Å². The molecule has 0 aromatic heterocycles. The lowest BCUT2D eigenvalue weighted by atomic mass is 10.1. The van der Waals surface area contributed by atoms with Crippen molar-refractivity contribution in [2.24, 2.45) is 5.92 Å². The quantitative estimate of drug-likeness (QED) is 0.766. The minimum Gasteiger partial charge on any atom is -0.352 e. The van der Waals surface area contributed by atoms with Gasteiger partial charge in [-0.05, 0) is 49.5 Å². The molecule has 1 fully saturated rings. The molecule has 142 valence electrons. The maximum Gasteiger partial charge on any atom is 0.227 e. The summed E-state index contributed by atoms with van der Waals surface area (Å²) in [5, 5.41) is 3.01. The molecule has 0 unspecified atom stereocenters. The van der Waals surface area contributed by atoms with Gasteiger partial charge in [0, 0.05) is 36.2 Å². The number of benzene rings is 2. The number of nitrogens with zero attached hydrogens (tertiary/aromatic N) is 2. The fraction of sp³-hybridized carbons (Fsp3) is 0.333. The summed E-state index contributed by atoms with van der Waals surface area (Å²) in [6.07, 6.45) is 0.251. The Hall–Kier alpha value is -2.18. The van der Waals surface area contributed by atoms with E-state index in [9.17, 15) is 9.59 Å². The van der Waals surface area contributed by atoms with Crippen LogP contribution in [0.15, 0.2) is 53.0 Å². The first-order valence-corrected chi connectivity index (χ1v) is 9.78. The summed E-state index contributed by atoms with van der Waals surface area (Å²) in [4.78, 5) is 28.8. The number of nitrogens with one attached hydrogen (secondary N) is 1. The molecule has 2 aromatic rings. The minimum absolute atomic E-state index is 0.00881. The molecule has 1 aliphatic rings. The van der Waals surface area contributed by atoms with Gasteiger partial charge in [-0.3, -0.25) is 9.59 Å². The van der Waals surface area contributed by atoms with Crippen molar-refractivity contribution in [2.45, 2.75) is 19.5 Å². The molecule has 1 atom stereocenters. The summed E-state index contributed by atoms with van der Waals surface area (Å²) in [5.74, 6) is -0.393. The van der Waals surface area contributed by atoms with E-state index in [1.165, 1.54) is 5.56 Å². The Morgan fingerprint density at radius 1 is 1.15 bits per heavy atom. The summed E-state index contributed by atoms with van der Waals surface area (Å²) in [7, 11) is 4.05. The van der Waals surface area contributed by atoms with Crippen molar-refractivity contribution in [2.75, 3.05) is 25.5 Å². The minimum atomic E-state index is -0.317. The van der Waals surface area contributed by atoms with Crippen LogP contribution in [0.5, 0.6) is 0 Å². The van der Waals surface area contributed by atoms with Gasteiger partial charge >= 0.3 is 0 Å². The van der Waals surface area contributed by atoms with E-state index in [-0.39, 0.29) is 24.2 Å². The fourth-order valence-electron chi connectivity index (χ4n) is 3.31. The summed E-state index contributed by atoms with van der Waals surface area (Å²) in [5.41, 5.74) is 3.13. The predicted octanol–water partition coefficient (Wildman–Crippen LogP) is 3.18. The molecule has 0 bridgehead atoms. The van der Waals surface area contributed by atoms with E-state index in [2.05, 4.69) is 32.2 Å². The van der Waals surface area contributed by atoms with Crippen LogP contribution in [0.4, 0.5) is 5.69 Å². The lowest BCUT2D eigenvalue weighted by Crippen LogP contribution is -2.33. The lowest BCUT2D eigenvalue weighted by Gasteiger charge is -2.17. The van der Waals surface area contributed by atoms with Crippen molar-refractivity contribution < 1.29 is 9.59 Å². The van der Waals surface area contributed by atoms with Crippen LogP contribution in [0.3, 0.4) is 0 Å². The van der Waals surface area contributed by atoms with E-state index in [1.54, 1.807) is 4.90 Å². The highest BCUT2D eigenvalue weighted by Gasteiger charge is 2.35. The van der Waals surface area contributed by atoms with Crippen molar-refractivity contribution >= 4 is 33.4 Å². The van der Waals surface area contributed by atoms with Gasteiger partial charge in [0.05, 0.1) is 5.92 Å². The molecule has 1 N–H and O–H groups in total. The second-order valence-electron chi connectivity index (χ2n) is 7.11. The number of rotatable bonds is 6. The van der Waals surface area contributed by atoms with Crippen molar-refractivity contribution in [3.63, 3.8) is 0 Å². The van der Waals surface area contributed by atoms with Crippen molar-refractivity contribution in [1.29, 1.82) is 0 Å². The molecule has 1 heterocycles. The Kier molecular flexibility index (Phi) is 6.29. The van der Waals surface area contributed by atoms with Crippen LogP contribution >= 0.6 is 15.9 Å². The number of carbonyl (C=O) groups is 2. The van der Waals surface area contributed by atoms with Gasteiger partial charge in [0.2, 0.25) is 11.8 Å². The Bertz CT molecular complexity index is 820. The van der Waals surface area contributed by atoms with Crippen LogP contribution < -0.4 is 10.2 Å². The number of halogens is 1. The van der Waals surface area contributed by atoms with Gasteiger partial charge in [0.15, 0.2) is 0 Å². The molecule has 0 spiro atoms. The van der Waals surface area contributed by atoms with Crippen LogP contribution in [-0.4, -0.2) is 37.4 Å². The van der Waals surface area contributed by atoms with Crippen molar-refractivity contribution in [1.82, 2.24) is 10.2 Å². The second-order valence-corrected chi connectivity index (χ2v) is 8.02. The zero-order chi connectivity index (χ0) is 19.4. The highest BCUT2D eigenvalue weighted by molar-refractivity contribution is 9.10. The molecule has 1 aliphatic heterocycles. The average Bonchev–Trinajstić information content (AvgIpc) is 3.03. The molecule has 27 heavy (non-hydrogen) atoms. The van der Waals surface area contributed by atoms with Crippen LogP contribution in [0.2, 0.25) is 0 Å². The Morgan fingerprint density at radius 2 is 1.81 bits per heavy atom. The van der Waals surface area contributed by atoms with Gasteiger partial charge in [-0.15, -0.1) is 0 Å². The van der Waals surface area contributed by atoms with E-state index >= 15 is 0 Å². The third-order valence-corrected chi connectivity index (χ3v) is 5.22. The summed E-state index contributed by atoms with van der Waals surface area (Å²) >= 11 is 3.40. The first kappa shape index (κ1) is 19.6. The summed E-state index contributed by atoms with van der Waals surface area (Å²) in [6.45, 7) is 1.72. The number of hydrogen-bond donors (Lipinski definition) is 1. The van der Waals surface area contributed by atoms with E-state index in [0.717, 1.165) is 22.3 Å². The van der Waals surface area contributed by atoms with E-state index in [1.807, 2.05) is 56.6 Å². The van der Waals surface area contributed by atoms with Gasteiger partial charge in [0.25, 0.3) is 0 Å². The van der Waals surface area contributed by atoms with Gasteiger partial charge in [-0.1, -0.05) is 40.2 Å². The zero-order valence-electron chi connectivity index (χ0n) is 15.6. The average molecular weight is 430 g/mol. The van der Waals surface area contributed by atoms with Crippen molar-refractivity contribution in [3.05, 3.63) is 64.1 Å². The van der Waals surface area contributed by atoms with E-state index in [4.69, 9.17) is 0 Å². The summed E-state index contributed by atoms with van der Waals surface area (Å²) in [6, 6.07) is 15.7. The van der Waals surface area contributed by atoms with Gasteiger partial charge in [-0.25, -0.2) is 0 Å². The van der Waals surface area contributed by atoms with E-state index < -0.39 is 0 Å². The molecular weight excluding hydrogens is 406 g/mol. The van der Waals surface area contributed by atoms with Gasteiger partial charge < -0.3 is 15.1 Å². The zero-order valence-corrected chi connectivity index (χ0v) is 17.2. The molecule has 5 nitrogen and oxygen atoms in total. The third kappa shape index (κ3) is 4.96. The maximum atomic E-state index is 12.6. The van der Waals surface area contributed by atoms with Crippen LogP contribution in [0.1, 0.15) is 17.5 Å². The first-order valence-electron chi connectivity index (χ1n) is 8.99.